The van der Waals surface area contributed by atoms with E-state index in [1.807, 2.05) is 4.90 Å². The maximum atomic E-state index is 13.3. The molecule has 1 aliphatic heterocycles. The Kier molecular flexibility index (Phi) is 5.08. The summed E-state index contributed by atoms with van der Waals surface area (Å²) in [5.74, 6) is 1.67. The lowest BCUT2D eigenvalue weighted by Crippen LogP contribution is -2.35. The van der Waals surface area contributed by atoms with Crippen molar-refractivity contribution in [1.82, 2.24) is 19.4 Å². The molecule has 1 saturated heterocycles. The molecule has 6 nitrogen and oxygen atoms in total. The smallest absolute Gasteiger partial charge is 0.406 e. The van der Waals surface area contributed by atoms with Crippen LogP contribution in [0.5, 0.6) is 0 Å². The van der Waals surface area contributed by atoms with Gasteiger partial charge in [-0.3, -0.25) is 14.3 Å². The van der Waals surface area contributed by atoms with Crippen LogP contribution in [0, 0.1) is 0 Å². The van der Waals surface area contributed by atoms with Crippen molar-refractivity contribution in [3.63, 3.8) is 0 Å². The minimum absolute atomic E-state index is 0.162. The van der Waals surface area contributed by atoms with E-state index in [0.29, 0.717) is 30.9 Å². The fraction of sp³-hybridized carbons (Fsp3) is 0.500. The molecule has 9 heteroatoms. The number of aromatic nitrogens is 3. The standard InChI is InChI=1S/C22H23F3N4O2/c23-22(24,25)13-29-20(27-15-7-2-1-6-14(15)21(29)30)17-9-5-11-28(17)12-19-26-16-8-3-4-10-18(16)31-19/h1-2,6-7,17H,3-5,8-13H2. The lowest BCUT2D eigenvalue weighted by molar-refractivity contribution is -0.142. The molecule has 1 atom stereocenters. The highest BCUT2D eigenvalue weighted by Crippen LogP contribution is 2.34. The van der Waals surface area contributed by atoms with E-state index >= 15 is 0 Å². The van der Waals surface area contributed by atoms with Crippen LogP contribution in [0.2, 0.25) is 0 Å². The van der Waals surface area contributed by atoms with Gasteiger partial charge in [0.15, 0.2) is 0 Å². The highest BCUT2D eigenvalue weighted by molar-refractivity contribution is 5.77. The summed E-state index contributed by atoms with van der Waals surface area (Å²) in [4.78, 5) is 24.1. The third kappa shape index (κ3) is 3.98. The van der Waals surface area contributed by atoms with Gasteiger partial charge in [0.05, 0.1) is 29.2 Å². The van der Waals surface area contributed by atoms with E-state index in [-0.39, 0.29) is 11.2 Å². The second-order valence-corrected chi connectivity index (χ2v) is 8.31. The molecule has 1 aliphatic carbocycles. The van der Waals surface area contributed by atoms with Gasteiger partial charge in [0.25, 0.3) is 5.56 Å². The van der Waals surface area contributed by atoms with Crippen molar-refractivity contribution >= 4 is 10.9 Å². The first kappa shape index (κ1) is 20.2. The van der Waals surface area contributed by atoms with Gasteiger partial charge in [-0.25, -0.2) is 9.97 Å². The molecule has 0 amide bonds. The Morgan fingerprint density at radius 2 is 1.90 bits per heavy atom. The largest absolute Gasteiger partial charge is 0.444 e. The van der Waals surface area contributed by atoms with E-state index in [0.717, 1.165) is 48.1 Å². The summed E-state index contributed by atoms with van der Waals surface area (Å²) >= 11 is 0. The van der Waals surface area contributed by atoms with E-state index in [1.54, 1.807) is 18.2 Å². The fourth-order valence-electron chi connectivity index (χ4n) is 4.73. The first-order valence-electron chi connectivity index (χ1n) is 10.7. The Morgan fingerprint density at radius 3 is 2.71 bits per heavy atom. The molecular formula is C22H23F3N4O2. The SMILES string of the molecule is O=c1c2ccccc2nc(C2CCCN2Cc2nc3c(o2)CCCC3)n1CC(F)(F)F. The monoisotopic (exact) mass is 432 g/mol. The molecule has 1 aromatic carbocycles. The van der Waals surface area contributed by atoms with Crippen molar-refractivity contribution in [2.75, 3.05) is 6.54 Å². The summed E-state index contributed by atoms with van der Waals surface area (Å²) in [6, 6.07) is 6.15. The number of oxazole rings is 1. The van der Waals surface area contributed by atoms with Gasteiger partial charge in [0.1, 0.15) is 18.1 Å². The quantitative estimate of drug-likeness (QED) is 0.620. The van der Waals surface area contributed by atoms with Gasteiger partial charge >= 0.3 is 6.18 Å². The van der Waals surface area contributed by atoms with Gasteiger partial charge in [0.2, 0.25) is 5.89 Å². The topological polar surface area (TPSA) is 64.2 Å². The number of alkyl halides is 3. The van der Waals surface area contributed by atoms with Crippen LogP contribution < -0.4 is 5.56 Å². The average molecular weight is 432 g/mol. The molecule has 0 spiro atoms. The van der Waals surface area contributed by atoms with Crippen LogP contribution in [0.3, 0.4) is 0 Å². The number of hydrogen-bond acceptors (Lipinski definition) is 5. The van der Waals surface area contributed by atoms with E-state index in [2.05, 4.69) is 9.97 Å². The highest BCUT2D eigenvalue weighted by Gasteiger charge is 2.36. The zero-order chi connectivity index (χ0) is 21.6. The number of nitrogens with zero attached hydrogens (tertiary/aromatic N) is 4. The summed E-state index contributed by atoms with van der Waals surface area (Å²) in [5, 5.41) is 0.195. The van der Waals surface area contributed by atoms with Gasteiger partial charge in [-0.15, -0.1) is 0 Å². The van der Waals surface area contributed by atoms with E-state index < -0.39 is 24.3 Å². The Hall–Kier alpha value is -2.68. The summed E-state index contributed by atoms with van der Waals surface area (Å²) in [7, 11) is 0. The van der Waals surface area contributed by atoms with Crippen LogP contribution in [0.4, 0.5) is 13.2 Å². The summed E-state index contributed by atoms with van der Waals surface area (Å²) in [5.41, 5.74) is 0.755. The van der Waals surface area contributed by atoms with Gasteiger partial charge in [-0.1, -0.05) is 12.1 Å². The summed E-state index contributed by atoms with van der Waals surface area (Å²) in [6.07, 6.45) is 0.869. The number of para-hydroxylation sites is 1. The predicted molar refractivity (Wildman–Crippen MR) is 108 cm³/mol. The molecule has 3 heterocycles. The third-order valence-corrected chi connectivity index (χ3v) is 6.12. The number of aryl methyl sites for hydroxylation is 2. The molecule has 31 heavy (non-hydrogen) atoms. The van der Waals surface area contributed by atoms with Crippen molar-refractivity contribution in [2.24, 2.45) is 0 Å². The lowest BCUT2D eigenvalue weighted by atomic mass is 10.0. The number of fused-ring (bicyclic) bond motifs is 2. The van der Waals surface area contributed by atoms with E-state index in [9.17, 15) is 18.0 Å². The normalized spacial score (nSPS) is 19.8. The molecule has 0 radical (unpaired) electrons. The van der Waals surface area contributed by atoms with Crippen molar-refractivity contribution in [2.45, 2.75) is 63.8 Å². The zero-order valence-electron chi connectivity index (χ0n) is 17.0. The van der Waals surface area contributed by atoms with Crippen LogP contribution in [-0.2, 0) is 25.9 Å². The number of likely N-dealkylation sites (tertiary alicyclic amines) is 1. The number of halogens is 3. The molecule has 2 aromatic heterocycles. The van der Waals surface area contributed by atoms with Crippen LogP contribution in [-0.4, -0.2) is 32.2 Å². The molecule has 3 aromatic rings. The van der Waals surface area contributed by atoms with Crippen LogP contribution in [0.25, 0.3) is 10.9 Å². The van der Waals surface area contributed by atoms with Crippen LogP contribution in [0.1, 0.15) is 54.9 Å². The number of hydrogen-bond donors (Lipinski definition) is 0. The first-order chi connectivity index (χ1) is 14.9. The second-order valence-electron chi connectivity index (χ2n) is 8.31. The van der Waals surface area contributed by atoms with Gasteiger partial charge in [-0.05, 0) is 50.8 Å². The van der Waals surface area contributed by atoms with Crippen molar-refractivity contribution in [1.29, 1.82) is 0 Å². The Bertz CT molecular complexity index is 1140. The van der Waals surface area contributed by atoms with Gasteiger partial charge in [-0.2, -0.15) is 13.2 Å². The molecule has 1 unspecified atom stereocenters. The molecule has 164 valence electrons. The minimum Gasteiger partial charge on any atom is -0.444 e. The number of benzene rings is 1. The molecule has 5 rings (SSSR count). The van der Waals surface area contributed by atoms with Gasteiger partial charge < -0.3 is 4.42 Å². The average Bonchev–Trinajstić information content (AvgIpc) is 3.35. The highest BCUT2D eigenvalue weighted by atomic mass is 19.4. The van der Waals surface area contributed by atoms with Crippen LogP contribution >= 0.6 is 0 Å². The fourth-order valence-corrected chi connectivity index (χ4v) is 4.73. The van der Waals surface area contributed by atoms with Crippen molar-refractivity contribution < 1.29 is 17.6 Å². The molecule has 1 fully saturated rings. The molecule has 0 bridgehead atoms. The number of rotatable bonds is 4. The third-order valence-electron chi connectivity index (χ3n) is 6.12. The Morgan fingerprint density at radius 1 is 1.10 bits per heavy atom. The van der Waals surface area contributed by atoms with Crippen molar-refractivity contribution in [3.8, 4) is 0 Å². The van der Waals surface area contributed by atoms with E-state index in [4.69, 9.17) is 4.42 Å². The summed E-state index contributed by atoms with van der Waals surface area (Å²) in [6.45, 7) is -0.268. The molecule has 0 saturated carbocycles. The Balaban J connectivity index is 1.53. The van der Waals surface area contributed by atoms with Crippen LogP contribution in [0.15, 0.2) is 33.5 Å². The maximum Gasteiger partial charge on any atom is 0.406 e. The zero-order valence-corrected chi connectivity index (χ0v) is 17.0. The molecule has 2 aliphatic rings. The molecular weight excluding hydrogens is 409 g/mol. The van der Waals surface area contributed by atoms with E-state index in [1.165, 1.54) is 6.07 Å². The maximum absolute atomic E-state index is 13.3. The lowest BCUT2D eigenvalue weighted by Gasteiger charge is -2.26. The Labute approximate surface area is 176 Å². The molecule has 0 N–H and O–H groups in total. The summed E-state index contributed by atoms with van der Waals surface area (Å²) < 4.78 is 46.7. The predicted octanol–water partition coefficient (Wildman–Crippen LogP) is 4.16. The second kappa shape index (κ2) is 7.78. The first-order valence-corrected chi connectivity index (χ1v) is 10.7. The minimum atomic E-state index is -4.52. The van der Waals surface area contributed by atoms with Crippen molar-refractivity contribution in [3.05, 3.63) is 57.8 Å². The van der Waals surface area contributed by atoms with Gasteiger partial charge in [0, 0.05) is 6.42 Å².